The van der Waals surface area contributed by atoms with Crippen LogP contribution in [-0.2, 0) is 0 Å². The summed E-state index contributed by atoms with van der Waals surface area (Å²) in [5, 5.41) is 14.8. The van der Waals surface area contributed by atoms with Gasteiger partial charge in [-0.15, -0.1) is 0 Å². The van der Waals surface area contributed by atoms with E-state index >= 15 is 0 Å². The molecule has 0 aromatic heterocycles. The van der Waals surface area contributed by atoms with E-state index in [0.29, 0.717) is 0 Å². The summed E-state index contributed by atoms with van der Waals surface area (Å²) < 4.78 is 0. The molecule has 0 heterocycles. The molecule has 35 valence electrons. The summed E-state index contributed by atoms with van der Waals surface area (Å²) in [7, 11) is 0. The monoisotopic (exact) mass is 221 g/mol. The van der Waals surface area contributed by atoms with Crippen LogP contribution >= 0.6 is 0 Å². The zero-order valence-corrected chi connectivity index (χ0v) is 6.45. The Morgan fingerprint density at radius 3 is 1.33 bits per heavy atom. The Morgan fingerprint density at radius 1 is 1.33 bits per heavy atom. The van der Waals surface area contributed by atoms with Crippen LogP contribution in [0.5, 0.6) is 0 Å². The average molecular weight is 221 g/mol. The van der Waals surface area contributed by atoms with Gasteiger partial charge in [-0.3, -0.25) is 0 Å². The first-order valence-electron chi connectivity index (χ1n) is 0.548. The number of hydrogen-bond donors (Lipinski definition) is 0. The minimum atomic E-state index is -1.75. The molecule has 0 aliphatic carbocycles. The first-order chi connectivity index (χ1) is 1.73. The molecule has 2 N–H and O–H groups in total. The maximum absolute atomic E-state index is 8.25. The van der Waals surface area contributed by atoms with Crippen molar-refractivity contribution >= 4 is 0 Å². The van der Waals surface area contributed by atoms with Crippen LogP contribution in [0.15, 0.2) is 0 Å². The van der Waals surface area contributed by atoms with Crippen molar-refractivity contribution in [3.05, 3.63) is 15.3 Å². The molecule has 5 nitrogen and oxygen atoms in total. The SMILES string of the molecule is O.O=[N+]([O-])[O-].[Pr]. The van der Waals surface area contributed by atoms with Crippen LogP contribution in [0, 0.1) is 56.6 Å². The fourth-order valence-electron chi connectivity index (χ4n) is 0. The molecular weight excluding hydrogens is 219 g/mol. The van der Waals surface area contributed by atoms with Crippen LogP contribution in [0.1, 0.15) is 0 Å². The summed E-state index contributed by atoms with van der Waals surface area (Å²) in [5.74, 6) is 0. The molecule has 1 radical (unpaired) electrons. The topological polar surface area (TPSA) is 97.7 Å². The molecule has 6 heteroatoms. The number of nitrogens with zero attached hydrogens (tertiary/aromatic N) is 1. The van der Waals surface area contributed by atoms with E-state index in [4.69, 9.17) is 15.3 Å². The molecular formula is H2NO4Pr-. The second-order valence-electron chi connectivity index (χ2n) is 0.224. The van der Waals surface area contributed by atoms with Gasteiger partial charge in [-0.25, -0.2) is 0 Å². The second-order valence-corrected chi connectivity index (χ2v) is 0.224. The molecule has 0 unspecified atom stereocenters. The van der Waals surface area contributed by atoms with E-state index < -0.39 is 5.09 Å². The van der Waals surface area contributed by atoms with Gasteiger partial charge in [-0.05, 0) is 0 Å². The first-order valence-corrected chi connectivity index (χ1v) is 0.548. The molecule has 0 aliphatic heterocycles. The van der Waals surface area contributed by atoms with Crippen molar-refractivity contribution < 1.29 is 51.9 Å². The fourth-order valence-corrected chi connectivity index (χ4v) is 0. The minimum absolute atomic E-state index is 0. The summed E-state index contributed by atoms with van der Waals surface area (Å²) in [4.78, 5) is 8.25. The summed E-state index contributed by atoms with van der Waals surface area (Å²) in [6, 6.07) is 0. The molecule has 0 saturated carbocycles. The Bertz CT molecular complexity index is 30.5. The third-order valence-electron chi connectivity index (χ3n) is 0. The largest absolute Gasteiger partial charge is 0.412 e. The normalized spacial score (nSPS) is 4.00. The van der Waals surface area contributed by atoms with Crippen molar-refractivity contribution in [3.8, 4) is 0 Å². The molecule has 0 aromatic carbocycles. The maximum Gasteiger partial charge on any atom is 0.0689 e. The van der Waals surface area contributed by atoms with Gasteiger partial charge in [0.2, 0.25) is 0 Å². The molecule has 0 atom stereocenters. The molecule has 6 heavy (non-hydrogen) atoms. The molecule has 0 bridgehead atoms. The minimum Gasteiger partial charge on any atom is -0.412 e. The van der Waals surface area contributed by atoms with Gasteiger partial charge in [0.25, 0.3) is 0 Å². The Balaban J connectivity index is -0.0000000450. The van der Waals surface area contributed by atoms with Gasteiger partial charge < -0.3 is 20.8 Å². The zero-order valence-electron chi connectivity index (χ0n) is 2.75. The van der Waals surface area contributed by atoms with Gasteiger partial charge in [0, 0.05) is 41.3 Å². The van der Waals surface area contributed by atoms with E-state index in [9.17, 15) is 0 Å². The van der Waals surface area contributed by atoms with Crippen LogP contribution in [0.4, 0.5) is 0 Å². The van der Waals surface area contributed by atoms with Crippen LogP contribution in [-0.4, -0.2) is 10.6 Å². The molecule has 0 aliphatic rings. The van der Waals surface area contributed by atoms with Crippen LogP contribution in [0.25, 0.3) is 0 Å². The van der Waals surface area contributed by atoms with Crippen molar-refractivity contribution in [1.82, 2.24) is 0 Å². The predicted molar refractivity (Wildman–Crippen MR) is 14.0 cm³/mol. The van der Waals surface area contributed by atoms with Gasteiger partial charge >= 0.3 is 0 Å². The van der Waals surface area contributed by atoms with Crippen LogP contribution in [0.3, 0.4) is 0 Å². The number of rotatable bonds is 0. The van der Waals surface area contributed by atoms with E-state index in [0.717, 1.165) is 0 Å². The van der Waals surface area contributed by atoms with Crippen molar-refractivity contribution in [1.29, 1.82) is 0 Å². The molecule has 0 fully saturated rings. The summed E-state index contributed by atoms with van der Waals surface area (Å²) in [6.45, 7) is 0. The standard InChI is InChI=1S/NO3.H2O.Pr/c2-1(3)4;;/h;1H2;/q-1;;. The van der Waals surface area contributed by atoms with Crippen molar-refractivity contribution in [2.24, 2.45) is 0 Å². The van der Waals surface area contributed by atoms with Crippen LogP contribution in [0.2, 0.25) is 0 Å². The van der Waals surface area contributed by atoms with E-state index in [1.165, 1.54) is 0 Å². The van der Waals surface area contributed by atoms with Gasteiger partial charge in [-0.2, -0.15) is 0 Å². The molecule has 0 amide bonds. The van der Waals surface area contributed by atoms with Crippen molar-refractivity contribution in [2.45, 2.75) is 0 Å². The van der Waals surface area contributed by atoms with Gasteiger partial charge in [0.1, 0.15) is 0 Å². The van der Waals surface area contributed by atoms with Crippen LogP contribution < -0.4 is 0 Å². The smallest absolute Gasteiger partial charge is 0.0689 e. The molecule has 0 aromatic rings. The Morgan fingerprint density at radius 2 is 1.33 bits per heavy atom. The Kier molecular flexibility index (Phi) is 24.3. The second kappa shape index (κ2) is 9.10. The summed E-state index contributed by atoms with van der Waals surface area (Å²) in [5.41, 5.74) is 0. The van der Waals surface area contributed by atoms with Gasteiger partial charge in [0.05, 0.1) is 5.09 Å². The predicted octanol–water partition coefficient (Wildman–Crippen LogP) is -1.06. The zero-order chi connectivity index (χ0) is 3.58. The van der Waals surface area contributed by atoms with E-state index in [1.54, 1.807) is 0 Å². The average Bonchev–Trinajstić information content (AvgIpc) is 0.811. The maximum atomic E-state index is 8.25. The Hall–Kier alpha value is 0.524. The first kappa shape index (κ1) is 16.0. The van der Waals surface area contributed by atoms with Crippen molar-refractivity contribution in [2.75, 3.05) is 0 Å². The molecule has 0 saturated heterocycles. The Labute approximate surface area is 66.7 Å². The third kappa shape index (κ3) is 205. The van der Waals surface area contributed by atoms with Gasteiger partial charge in [0.15, 0.2) is 0 Å². The number of hydrogen-bond acceptors (Lipinski definition) is 3. The molecule has 0 rings (SSSR count). The quantitative estimate of drug-likeness (QED) is 0.384. The third-order valence-corrected chi connectivity index (χ3v) is 0. The molecule has 0 spiro atoms. The van der Waals surface area contributed by atoms with Gasteiger partial charge in [-0.1, -0.05) is 0 Å². The fraction of sp³-hybridized carbons (Fsp3) is 0. The summed E-state index contributed by atoms with van der Waals surface area (Å²) >= 11 is 0. The summed E-state index contributed by atoms with van der Waals surface area (Å²) in [6.07, 6.45) is 0. The van der Waals surface area contributed by atoms with E-state index in [-0.39, 0.29) is 46.8 Å². The van der Waals surface area contributed by atoms with E-state index in [1.807, 2.05) is 0 Å². The van der Waals surface area contributed by atoms with Crippen molar-refractivity contribution in [3.63, 3.8) is 0 Å². The van der Waals surface area contributed by atoms with E-state index in [2.05, 4.69) is 0 Å².